The molecule has 0 bridgehead atoms. The van der Waals surface area contributed by atoms with Gasteiger partial charge in [0.15, 0.2) is 0 Å². The molecular formula is C13H13F3N2O2. The number of rotatable bonds is 6. The van der Waals surface area contributed by atoms with Crippen molar-refractivity contribution in [3.05, 3.63) is 29.8 Å². The molecule has 1 aromatic carbocycles. The van der Waals surface area contributed by atoms with Crippen molar-refractivity contribution in [2.45, 2.75) is 19.0 Å². The number of halogens is 3. The van der Waals surface area contributed by atoms with Crippen molar-refractivity contribution in [3.8, 4) is 6.07 Å². The third kappa shape index (κ3) is 6.75. The van der Waals surface area contributed by atoms with Crippen LogP contribution >= 0.6 is 0 Å². The van der Waals surface area contributed by atoms with E-state index in [1.54, 1.807) is 24.3 Å². The van der Waals surface area contributed by atoms with Crippen molar-refractivity contribution in [1.82, 2.24) is 0 Å². The number of amides is 1. The van der Waals surface area contributed by atoms with Crippen LogP contribution in [-0.2, 0) is 9.53 Å². The Morgan fingerprint density at radius 1 is 1.30 bits per heavy atom. The lowest BCUT2D eigenvalue weighted by molar-refractivity contribution is -0.138. The Labute approximate surface area is 114 Å². The number of anilines is 1. The van der Waals surface area contributed by atoms with Gasteiger partial charge in [-0.25, -0.2) is 0 Å². The molecule has 0 radical (unpaired) electrons. The van der Waals surface area contributed by atoms with Gasteiger partial charge in [-0.05, 0) is 30.7 Å². The lowest BCUT2D eigenvalue weighted by Crippen LogP contribution is -2.19. The van der Waals surface area contributed by atoms with E-state index < -0.39 is 18.5 Å². The number of hydrogen-bond acceptors (Lipinski definition) is 3. The number of benzene rings is 1. The lowest BCUT2D eigenvalue weighted by Gasteiger charge is -2.07. The van der Waals surface area contributed by atoms with Crippen LogP contribution < -0.4 is 5.32 Å². The molecule has 4 nitrogen and oxygen atoms in total. The van der Waals surface area contributed by atoms with Gasteiger partial charge < -0.3 is 10.1 Å². The summed E-state index contributed by atoms with van der Waals surface area (Å²) in [6.45, 7) is -0.432. The number of hydrogen-bond donors (Lipinski definition) is 1. The van der Waals surface area contributed by atoms with E-state index in [0.29, 0.717) is 11.3 Å². The summed E-state index contributed by atoms with van der Waals surface area (Å²) in [6.07, 6.45) is -5.30. The highest BCUT2D eigenvalue weighted by atomic mass is 19.4. The van der Waals surface area contributed by atoms with E-state index >= 15 is 0 Å². The van der Waals surface area contributed by atoms with Gasteiger partial charge in [0.1, 0.15) is 6.61 Å². The highest BCUT2D eigenvalue weighted by molar-refractivity contribution is 5.91. The predicted octanol–water partition coefficient (Wildman–Crippen LogP) is 2.86. The monoisotopic (exact) mass is 286 g/mol. The summed E-state index contributed by atoms with van der Waals surface area (Å²) in [5.41, 5.74) is 0.958. The Bertz CT molecular complexity index is 478. The van der Waals surface area contributed by atoms with E-state index in [1.165, 1.54) is 0 Å². The summed E-state index contributed by atoms with van der Waals surface area (Å²) >= 11 is 0. The molecule has 1 N–H and O–H groups in total. The molecule has 0 atom stereocenters. The first kappa shape index (κ1) is 16.0. The van der Waals surface area contributed by atoms with Gasteiger partial charge in [0.05, 0.1) is 11.6 Å². The van der Waals surface area contributed by atoms with E-state index in [-0.39, 0.29) is 19.6 Å². The van der Waals surface area contributed by atoms with Crippen molar-refractivity contribution in [2.75, 3.05) is 18.5 Å². The van der Waals surface area contributed by atoms with Crippen molar-refractivity contribution in [2.24, 2.45) is 0 Å². The van der Waals surface area contributed by atoms with E-state index in [4.69, 9.17) is 10.00 Å². The number of nitriles is 1. The van der Waals surface area contributed by atoms with Crippen LogP contribution in [0.3, 0.4) is 0 Å². The zero-order valence-corrected chi connectivity index (χ0v) is 10.5. The molecule has 1 amide bonds. The summed E-state index contributed by atoms with van der Waals surface area (Å²) in [4.78, 5) is 11.4. The maximum absolute atomic E-state index is 11.8. The van der Waals surface area contributed by atoms with E-state index in [2.05, 4.69) is 5.32 Å². The Balaban J connectivity index is 2.22. The molecule has 1 rings (SSSR count). The van der Waals surface area contributed by atoms with Crippen molar-refractivity contribution in [1.29, 1.82) is 5.26 Å². The number of nitrogens with one attached hydrogen (secondary N) is 1. The van der Waals surface area contributed by atoms with Gasteiger partial charge in [-0.15, -0.1) is 0 Å². The molecule has 108 valence electrons. The number of carbonyl (C=O) groups excluding carboxylic acids is 1. The molecular weight excluding hydrogens is 273 g/mol. The third-order valence-electron chi connectivity index (χ3n) is 2.28. The summed E-state index contributed by atoms with van der Waals surface area (Å²) in [5.74, 6) is -0.457. The lowest BCUT2D eigenvalue weighted by atomic mass is 10.2. The Morgan fingerprint density at radius 2 is 1.95 bits per heavy atom. The van der Waals surface area contributed by atoms with Gasteiger partial charge in [0.25, 0.3) is 0 Å². The Morgan fingerprint density at radius 3 is 2.50 bits per heavy atom. The molecule has 0 fully saturated rings. The highest BCUT2D eigenvalue weighted by Gasteiger charge is 2.25. The van der Waals surface area contributed by atoms with Crippen LogP contribution in [0.5, 0.6) is 0 Å². The van der Waals surface area contributed by atoms with Crippen molar-refractivity contribution < 1.29 is 22.7 Å². The van der Waals surface area contributed by atoms with Crippen LogP contribution in [0.2, 0.25) is 0 Å². The maximum atomic E-state index is 11.8. The molecule has 20 heavy (non-hydrogen) atoms. The van der Waals surface area contributed by atoms with E-state index in [9.17, 15) is 18.0 Å². The molecule has 0 unspecified atom stereocenters. The van der Waals surface area contributed by atoms with Crippen LogP contribution in [0.25, 0.3) is 0 Å². The standard InChI is InChI=1S/C13H13F3N2O2/c14-13(15,16)6-1-7-20-9-12(19)18-11-4-2-10(8-17)3-5-11/h2-5H,1,6-7,9H2,(H,18,19). The fourth-order valence-corrected chi connectivity index (χ4v) is 1.36. The molecule has 0 saturated carbocycles. The Hall–Kier alpha value is -2.07. The van der Waals surface area contributed by atoms with Crippen molar-refractivity contribution in [3.63, 3.8) is 0 Å². The minimum absolute atomic E-state index is 0.125. The second kappa shape index (κ2) is 7.50. The molecule has 0 aliphatic rings. The quantitative estimate of drug-likeness (QED) is 0.818. The molecule has 0 aliphatic carbocycles. The second-order valence-corrected chi connectivity index (χ2v) is 4.01. The molecule has 7 heteroatoms. The van der Waals surface area contributed by atoms with Crippen LogP contribution in [-0.4, -0.2) is 25.3 Å². The first-order valence-corrected chi connectivity index (χ1v) is 5.85. The zero-order valence-electron chi connectivity index (χ0n) is 10.5. The summed E-state index contributed by atoms with van der Waals surface area (Å²) in [5, 5.41) is 11.1. The number of carbonyl (C=O) groups is 1. The minimum Gasteiger partial charge on any atom is -0.372 e. The number of alkyl halides is 3. The molecule has 0 aromatic heterocycles. The minimum atomic E-state index is -4.20. The molecule has 0 aliphatic heterocycles. The van der Waals surface area contributed by atoms with Gasteiger partial charge in [0, 0.05) is 18.7 Å². The van der Waals surface area contributed by atoms with Gasteiger partial charge in [-0.1, -0.05) is 0 Å². The summed E-state index contributed by atoms with van der Waals surface area (Å²) in [6, 6.07) is 8.13. The molecule has 0 saturated heterocycles. The third-order valence-corrected chi connectivity index (χ3v) is 2.28. The number of ether oxygens (including phenoxy) is 1. The SMILES string of the molecule is N#Cc1ccc(NC(=O)COCCCC(F)(F)F)cc1. The highest BCUT2D eigenvalue weighted by Crippen LogP contribution is 2.20. The Kier molecular flexibility index (Phi) is 6.00. The summed E-state index contributed by atoms with van der Waals surface area (Å²) < 4.78 is 40.3. The average Bonchev–Trinajstić information content (AvgIpc) is 2.38. The first-order valence-electron chi connectivity index (χ1n) is 5.85. The van der Waals surface area contributed by atoms with Gasteiger partial charge in [0.2, 0.25) is 5.91 Å². The second-order valence-electron chi connectivity index (χ2n) is 4.01. The van der Waals surface area contributed by atoms with Gasteiger partial charge >= 0.3 is 6.18 Å². The van der Waals surface area contributed by atoms with Crippen LogP contribution in [0.4, 0.5) is 18.9 Å². The van der Waals surface area contributed by atoms with E-state index in [1.807, 2.05) is 6.07 Å². The first-order chi connectivity index (χ1) is 9.40. The molecule has 1 aromatic rings. The van der Waals surface area contributed by atoms with Crippen LogP contribution in [0.1, 0.15) is 18.4 Å². The smallest absolute Gasteiger partial charge is 0.372 e. The summed E-state index contributed by atoms with van der Waals surface area (Å²) in [7, 11) is 0. The number of nitrogens with zero attached hydrogens (tertiary/aromatic N) is 1. The topological polar surface area (TPSA) is 62.1 Å². The maximum Gasteiger partial charge on any atom is 0.389 e. The van der Waals surface area contributed by atoms with E-state index in [0.717, 1.165) is 0 Å². The molecule has 0 heterocycles. The van der Waals surface area contributed by atoms with Crippen molar-refractivity contribution >= 4 is 11.6 Å². The van der Waals surface area contributed by atoms with Crippen LogP contribution in [0, 0.1) is 11.3 Å². The van der Waals surface area contributed by atoms with Gasteiger partial charge in [-0.3, -0.25) is 4.79 Å². The fourth-order valence-electron chi connectivity index (χ4n) is 1.36. The largest absolute Gasteiger partial charge is 0.389 e. The fraction of sp³-hybridized carbons (Fsp3) is 0.385. The average molecular weight is 286 g/mol. The zero-order chi connectivity index (χ0) is 15.0. The van der Waals surface area contributed by atoms with Crippen LogP contribution in [0.15, 0.2) is 24.3 Å². The molecule has 0 spiro atoms. The normalized spacial score (nSPS) is 10.9. The van der Waals surface area contributed by atoms with Gasteiger partial charge in [-0.2, -0.15) is 18.4 Å². The predicted molar refractivity (Wildman–Crippen MR) is 65.9 cm³/mol.